The van der Waals surface area contributed by atoms with Gasteiger partial charge < -0.3 is 5.32 Å². The first-order chi connectivity index (χ1) is 7.31. The van der Waals surface area contributed by atoms with Gasteiger partial charge in [-0.1, -0.05) is 13.8 Å². The van der Waals surface area contributed by atoms with Crippen molar-refractivity contribution in [1.82, 2.24) is 5.32 Å². The summed E-state index contributed by atoms with van der Waals surface area (Å²) in [5, 5.41) is 2.85. The van der Waals surface area contributed by atoms with Crippen molar-refractivity contribution in [3.8, 4) is 0 Å². The molecule has 96 valence electrons. The fourth-order valence-electron chi connectivity index (χ4n) is 3.09. The number of alkyl halides is 3. The van der Waals surface area contributed by atoms with E-state index in [1.54, 1.807) is 7.05 Å². The number of rotatable bonds is 3. The topological polar surface area (TPSA) is 12.0 Å². The van der Waals surface area contributed by atoms with Crippen LogP contribution in [0.25, 0.3) is 0 Å². The SMILES string of the molecule is CNC(CC(F)(F)F)C1CC(C)CC(C)C1. The minimum absolute atomic E-state index is 0.172. The Kier molecular flexibility index (Phi) is 4.65. The Balaban J connectivity index is 2.58. The van der Waals surface area contributed by atoms with Crippen LogP contribution in [-0.2, 0) is 0 Å². The number of hydrogen-bond donors (Lipinski definition) is 1. The Bertz CT molecular complexity index is 205. The van der Waals surface area contributed by atoms with Gasteiger partial charge in [-0.05, 0) is 44.1 Å². The summed E-state index contributed by atoms with van der Waals surface area (Å²) < 4.78 is 37.2. The van der Waals surface area contributed by atoms with Gasteiger partial charge in [-0.25, -0.2) is 0 Å². The molecule has 0 aromatic rings. The van der Waals surface area contributed by atoms with E-state index in [1.807, 2.05) is 0 Å². The summed E-state index contributed by atoms with van der Waals surface area (Å²) in [4.78, 5) is 0. The Labute approximate surface area is 95.8 Å². The molecule has 1 saturated carbocycles. The Morgan fingerprint density at radius 3 is 2.00 bits per heavy atom. The van der Waals surface area contributed by atoms with Gasteiger partial charge in [0.2, 0.25) is 0 Å². The molecule has 1 aliphatic rings. The van der Waals surface area contributed by atoms with E-state index in [1.165, 1.54) is 0 Å². The molecule has 0 amide bonds. The van der Waals surface area contributed by atoms with Crippen LogP contribution in [0.1, 0.15) is 39.5 Å². The van der Waals surface area contributed by atoms with Gasteiger partial charge in [0.1, 0.15) is 0 Å². The molecule has 0 spiro atoms. The predicted molar refractivity (Wildman–Crippen MR) is 59.2 cm³/mol. The largest absolute Gasteiger partial charge is 0.390 e. The quantitative estimate of drug-likeness (QED) is 0.790. The van der Waals surface area contributed by atoms with E-state index in [2.05, 4.69) is 19.2 Å². The molecule has 16 heavy (non-hydrogen) atoms. The zero-order valence-corrected chi connectivity index (χ0v) is 10.3. The maximum atomic E-state index is 12.4. The van der Waals surface area contributed by atoms with Crippen LogP contribution < -0.4 is 5.32 Å². The molecule has 3 atom stereocenters. The molecule has 1 N–H and O–H groups in total. The lowest BCUT2D eigenvalue weighted by molar-refractivity contribution is -0.144. The van der Waals surface area contributed by atoms with Crippen molar-refractivity contribution in [2.75, 3.05) is 7.05 Å². The standard InChI is InChI=1S/C12H22F3N/c1-8-4-9(2)6-10(5-8)11(16-3)7-12(13,14)15/h8-11,16H,4-7H2,1-3H3. The Morgan fingerprint density at radius 1 is 1.12 bits per heavy atom. The Hall–Kier alpha value is -0.250. The summed E-state index contributed by atoms with van der Waals surface area (Å²) in [6.07, 6.45) is -1.76. The van der Waals surface area contributed by atoms with Crippen LogP contribution in [0.4, 0.5) is 13.2 Å². The molecule has 1 rings (SSSR count). The van der Waals surface area contributed by atoms with E-state index in [0.717, 1.165) is 19.3 Å². The first-order valence-corrected chi connectivity index (χ1v) is 6.05. The highest BCUT2D eigenvalue weighted by Gasteiger charge is 2.37. The molecule has 1 nitrogen and oxygen atoms in total. The van der Waals surface area contributed by atoms with E-state index < -0.39 is 18.6 Å². The number of nitrogens with one attached hydrogen (secondary N) is 1. The molecule has 0 bridgehead atoms. The van der Waals surface area contributed by atoms with Gasteiger partial charge >= 0.3 is 6.18 Å². The van der Waals surface area contributed by atoms with Gasteiger partial charge in [0.25, 0.3) is 0 Å². The van der Waals surface area contributed by atoms with Crippen molar-refractivity contribution in [1.29, 1.82) is 0 Å². The van der Waals surface area contributed by atoms with Crippen LogP contribution in [0.15, 0.2) is 0 Å². The molecule has 1 fully saturated rings. The van der Waals surface area contributed by atoms with Crippen LogP contribution in [0.2, 0.25) is 0 Å². The van der Waals surface area contributed by atoms with Crippen molar-refractivity contribution in [3.05, 3.63) is 0 Å². The van der Waals surface area contributed by atoms with Gasteiger partial charge in [-0.2, -0.15) is 13.2 Å². The van der Waals surface area contributed by atoms with Crippen LogP contribution in [0, 0.1) is 17.8 Å². The summed E-state index contributed by atoms with van der Waals surface area (Å²) in [6.45, 7) is 4.28. The molecule has 0 aromatic heterocycles. The lowest BCUT2D eigenvalue weighted by atomic mass is 9.73. The summed E-state index contributed by atoms with van der Waals surface area (Å²) in [6, 6.07) is -0.412. The molecule has 0 radical (unpaired) electrons. The third kappa shape index (κ3) is 4.32. The average Bonchev–Trinajstić information content (AvgIpc) is 2.11. The van der Waals surface area contributed by atoms with Gasteiger partial charge in [-0.15, -0.1) is 0 Å². The van der Waals surface area contributed by atoms with Crippen LogP contribution in [0.5, 0.6) is 0 Å². The summed E-state index contributed by atoms with van der Waals surface area (Å²) in [5.74, 6) is 1.28. The van der Waals surface area contributed by atoms with Gasteiger partial charge in [0, 0.05) is 6.04 Å². The van der Waals surface area contributed by atoms with Gasteiger partial charge in [0.05, 0.1) is 6.42 Å². The monoisotopic (exact) mass is 237 g/mol. The molecule has 0 heterocycles. The lowest BCUT2D eigenvalue weighted by Gasteiger charge is -2.36. The Morgan fingerprint density at radius 2 is 1.62 bits per heavy atom. The highest BCUT2D eigenvalue weighted by molar-refractivity contribution is 4.84. The van der Waals surface area contributed by atoms with Crippen molar-refractivity contribution in [3.63, 3.8) is 0 Å². The summed E-state index contributed by atoms with van der Waals surface area (Å²) in [5.41, 5.74) is 0. The second-order valence-electron chi connectivity index (χ2n) is 5.39. The molecule has 0 aromatic carbocycles. The van der Waals surface area contributed by atoms with E-state index in [9.17, 15) is 13.2 Å². The highest BCUT2D eigenvalue weighted by atomic mass is 19.4. The smallest absolute Gasteiger partial charge is 0.316 e. The zero-order chi connectivity index (χ0) is 12.3. The molecule has 1 aliphatic carbocycles. The number of hydrogen-bond acceptors (Lipinski definition) is 1. The molecule has 4 heteroatoms. The molecular formula is C12H22F3N. The summed E-state index contributed by atoms with van der Waals surface area (Å²) in [7, 11) is 1.64. The van der Waals surface area contributed by atoms with Crippen LogP contribution >= 0.6 is 0 Å². The van der Waals surface area contributed by atoms with E-state index in [4.69, 9.17) is 0 Å². The van der Waals surface area contributed by atoms with E-state index in [-0.39, 0.29) is 5.92 Å². The fourth-order valence-corrected chi connectivity index (χ4v) is 3.09. The normalized spacial score (nSPS) is 33.8. The maximum absolute atomic E-state index is 12.4. The third-order valence-electron chi connectivity index (χ3n) is 3.61. The fraction of sp³-hybridized carbons (Fsp3) is 1.00. The zero-order valence-electron chi connectivity index (χ0n) is 10.3. The molecule has 0 aliphatic heterocycles. The number of halogens is 3. The minimum Gasteiger partial charge on any atom is -0.316 e. The predicted octanol–water partition coefficient (Wildman–Crippen LogP) is 3.60. The summed E-state index contributed by atoms with van der Waals surface area (Å²) >= 11 is 0. The maximum Gasteiger partial charge on any atom is 0.390 e. The highest BCUT2D eigenvalue weighted by Crippen LogP contribution is 2.37. The first-order valence-electron chi connectivity index (χ1n) is 6.05. The van der Waals surface area contributed by atoms with Crippen molar-refractivity contribution in [2.45, 2.75) is 51.7 Å². The first kappa shape index (κ1) is 13.8. The van der Waals surface area contributed by atoms with Crippen molar-refractivity contribution < 1.29 is 13.2 Å². The molecular weight excluding hydrogens is 215 g/mol. The van der Waals surface area contributed by atoms with Crippen LogP contribution in [0.3, 0.4) is 0 Å². The lowest BCUT2D eigenvalue weighted by Crippen LogP contribution is -2.40. The molecule has 0 saturated heterocycles. The van der Waals surface area contributed by atoms with Crippen molar-refractivity contribution >= 4 is 0 Å². The van der Waals surface area contributed by atoms with E-state index >= 15 is 0 Å². The van der Waals surface area contributed by atoms with Gasteiger partial charge in [0.15, 0.2) is 0 Å². The van der Waals surface area contributed by atoms with Crippen molar-refractivity contribution in [2.24, 2.45) is 17.8 Å². The second-order valence-corrected chi connectivity index (χ2v) is 5.39. The third-order valence-corrected chi connectivity index (χ3v) is 3.61. The van der Waals surface area contributed by atoms with Crippen LogP contribution in [-0.4, -0.2) is 19.3 Å². The van der Waals surface area contributed by atoms with Gasteiger partial charge in [-0.3, -0.25) is 0 Å². The van der Waals surface area contributed by atoms with E-state index in [0.29, 0.717) is 11.8 Å². The minimum atomic E-state index is -4.06. The second kappa shape index (κ2) is 5.39. The average molecular weight is 237 g/mol. The molecule has 3 unspecified atom stereocenters.